The lowest BCUT2D eigenvalue weighted by molar-refractivity contribution is -0.123. The summed E-state index contributed by atoms with van der Waals surface area (Å²) in [5.41, 5.74) is 0. The van der Waals surface area contributed by atoms with Gasteiger partial charge in [-0.25, -0.2) is 0 Å². The Labute approximate surface area is 96.8 Å². The maximum atomic E-state index is 11.8. The number of halogens is 1. The van der Waals surface area contributed by atoms with Gasteiger partial charge in [0.25, 0.3) is 0 Å². The molecule has 86 valence electrons. The van der Waals surface area contributed by atoms with Crippen molar-refractivity contribution in [3.63, 3.8) is 0 Å². The monoisotopic (exact) mass is 229 g/mol. The molecule has 2 rings (SSSR count). The van der Waals surface area contributed by atoms with Crippen LogP contribution in [0, 0.1) is 5.92 Å². The summed E-state index contributed by atoms with van der Waals surface area (Å²) in [6.07, 6.45) is 9.60. The normalized spacial score (nSPS) is 25.7. The molecule has 0 saturated heterocycles. The molecule has 0 spiro atoms. The maximum Gasteiger partial charge on any atom is 0.238 e. The summed E-state index contributed by atoms with van der Waals surface area (Å²) >= 11 is 6.14. The summed E-state index contributed by atoms with van der Waals surface area (Å²) in [4.78, 5) is 11.8. The zero-order valence-corrected chi connectivity index (χ0v) is 9.93. The summed E-state index contributed by atoms with van der Waals surface area (Å²) in [5.74, 6) is 0.517. The van der Waals surface area contributed by atoms with E-state index in [0.717, 1.165) is 25.7 Å². The molecule has 0 radical (unpaired) electrons. The zero-order valence-electron chi connectivity index (χ0n) is 9.18. The molecular weight excluding hydrogens is 210 g/mol. The fourth-order valence-corrected chi connectivity index (χ4v) is 2.79. The summed E-state index contributed by atoms with van der Waals surface area (Å²) in [6, 6.07) is 0.396. The van der Waals surface area contributed by atoms with Crippen molar-refractivity contribution >= 4 is 17.5 Å². The lowest BCUT2D eigenvalue weighted by atomic mass is 9.82. The van der Waals surface area contributed by atoms with Gasteiger partial charge < -0.3 is 5.32 Å². The molecule has 0 aromatic heterocycles. The summed E-state index contributed by atoms with van der Waals surface area (Å²) < 4.78 is 0. The van der Waals surface area contributed by atoms with Gasteiger partial charge in [0, 0.05) is 6.04 Å². The molecule has 0 heterocycles. The van der Waals surface area contributed by atoms with E-state index < -0.39 is 0 Å². The Hall–Kier alpha value is -0.240. The minimum Gasteiger partial charge on any atom is -0.352 e. The van der Waals surface area contributed by atoms with Crippen LogP contribution in [0.5, 0.6) is 0 Å². The van der Waals surface area contributed by atoms with Crippen LogP contribution in [0.2, 0.25) is 0 Å². The second kappa shape index (κ2) is 5.20. The average molecular weight is 230 g/mol. The molecule has 0 aromatic carbocycles. The van der Waals surface area contributed by atoms with Crippen LogP contribution in [0.4, 0.5) is 0 Å². The van der Waals surface area contributed by atoms with Crippen molar-refractivity contribution in [3.05, 3.63) is 0 Å². The van der Waals surface area contributed by atoms with E-state index in [9.17, 15) is 4.79 Å². The molecule has 2 aliphatic carbocycles. The van der Waals surface area contributed by atoms with Crippen LogP contribution in [0.25, 0.3) is 0 Å². The Bertz CT molecular complexity index is 222. The Balaban J connectivity index is 1.74. The van der Waals surface area contributed by atoms with Gasteiger partial charge in [-0.2, -0.15) is 0 Å². The molecule has 1 atom stereocenters. The van der Waals surface area contributed by atoms with Gasteiger partial charge in [0.15, 0.2) is 0 Å². The fraction of sp³-hybridized carbons (Fsp3) is 0.917. The van der Waals surface area contributed by atoms with E-state index in [0.29, 0.717) is 12.0 Å². The fourth-order valence-electron chi connectivity index (χ4n) is 2.47. The van der Waals surface area contributed by atoms with E-state index >= 15 is 0 Å². The van der Waals surface area contributed by atoms with Crippen LogP contribution in [-0.4, -0.2) is 17.3 Å². The Kier molecular flexibility index (Phi) is 3.90. The van der Waals surface area contributed by atoms with Crippen LogP contribution in [0.3, 0.4) is 0 Å². The SMILES string of the molecule is O=C(NC1CCCCC1)C(Cl)C1CCC1. The van der Waals surface area contributed by atoms with E-state index in [2.05, 4.69) is 5.32 Å². The topological polar surface area (TPSA) is 29.1 Å². The van der Waals surface area contributed by atoms with Crippen molar-refractivity contribution in [1.29, 1.82) is 0 Å². The van der Waals surface area contributed by atoms with Crippen LogP contribution in [0.1, 0.15) is 51.4 Å². The molecule has 0 bridgehead atoms. The number of amides is 1. The molecular formula is C12H20ClNO. The van der Waals surface area contributed by atoms with E-state index in [1.54, 1.807) is 0 Å². The quantitative estimate of drug-likeness (QED) is 0.741. The number of nitrogens with one attached hydrogen (secondary N) is 1. The van der Waals surface area contributed by atoms with Crippen molar-refractivity contribution in [2.45, 2.75) is 62.8 Å². The zero-order chi connectivity index (χ0) is 10.7. The first-order valence-electron chi connectivity index (χ1n) is 6.22. The third kappa shape index (κ3) is 2.87. The van der Waals surface area contributed by atoms with Crippen molar-refractivity contribution in [3.8, 4) is 0 Å². The highest BCUT2D eigenvalue weighted by molar-refractivity contribution is 6.31. The van der Waals surface area contributed by atoms with Crippen LogP contribution in [-0.2, 0) is 4.79 Å². The molecule has 1 unspecified atom stereocenters. The molecule has 1 N–H and O–H groups in total. The predicted molar refractivity (Wildman–Crippen MR) is 62.0 cm³/mol. The molecule has 2 aliphatic rings. The highest BCUT2D eigenvalue weighted by Crippen LogP contribution is 2.32. The van der Waals surface area contributed by atoms with Crippen LogP contribution in [0.15, 0.2) is 0 Å². The Morgan fingerprint density at radius 1 is 1.07 bits per heavy atom. The summed E-state index contributed by atoms with van der Waals surface area (Å²) in [6.45, 7) is 0. The van der Waals surface area contributed by atoms with Crippen molar-refractivity contribution in [1.82, 2.24) is 5.32 Å². The smallest absolute Gasteiger partial charge is 0.238 e. The number of rotatable bonds is 3. The van der Waals surface area contributed by atoms with E-state index in [1.165, 1.54) is 25.7 Å². The lowest BCUT2D eigenvalue weighted by Crippen LogP contribution is -2.44. The number of carbonyl (C=O) groups excluding carboxylic acids is 1. The standard InChI is InChI=1S/C12H20ClNO/c13-11(9-5-4-6-9)12(15)14-10-7-2-1-3-8-10/h9-11H,1-8H2,(H,14,15). The number of carbonyl (C=O) groups is 1. The Morgan fingerprint density at radius 3 is 2.27 bits per heavy atom. The van der Waals surface area contributed by atoms with Crippen molar-refractivity contribution < 1.29 is 4.79 Å². The van der Waals surface area contributed by atoms with Gasteiger partial charge in [0.2, 0.25) is 5.91 Å². The number of alkyl halides is 1. The van der Waals surface area contributed by atoms with Crippen LogP contribution >= 0.6 is 11.6 Å². The minimum atomic E-state index is -0.277. The number of hydrogen-bond donors (Lipinski definition) is 1. The second-order valence-corrected chi connectivity index (χ2v) is 5.41. The van der Waals surface area contributed by atoms with E-state index in [1.807, 2.05) is 0 Å². The molecule has 2 fully saturated rings. The largest absolute Gasteiger partial charge is 0.352 e. The molecule has 15 heavy (non-hydrogen) atoms. The summed E-state index contributed by atoms with van der Waals surface area (Å²) in [5, 5.41) is 2.82. The van der Waals surface area contributed by atoms with Gasteiger partial charge in [-0.3, -0.25) is 4.79 Å². The first kappa shape index (κ1) is 11.3. The van der Waals surface area contributed by atoms with Gasteiger partial charge in [-0.05, 0) is 31.6 Å². The summed E-state index contributed by atoms with van der Waals surface area (Å²) in [7, 11) is 0. The molecule has 0 aliphatic heterocycles. The average Bonchev–Trinajstić information content (AvgIpc) is 2.16. The first-order valence-corrected chi connectivity index (χ1v) is 6.65. The van der Waals surface area contributed by atoms with Crippen molar-refractivity contribution in [2.75, 3.05) is 0 Å². The van der Waals surface area contributed by atoms with Gasteiger partial charge in [-0.15, -0.1) is 11.6 Å². The number of hydrogen-bond acceptors (Lipinski definition) is 1. The first-order chi connectivity index (χ1) is 7.27. The third-order valence-corrected chi connectivity index (χ3v) is 4.32. The van der Waals surface area contributed by atoms with Gasteiger partial charge >= 0.3 is 0 Å². The van der Waals surface area contributed by atoms with E-state index in [4.69, 9.17) is 11.6 Å². The van der Waals surface area contributed by atoms with Gasteiger partial charge in [-0.1, -0.05) is 25.7 Å². The van der Waals surface area contributed by atoms with Crippen LogP contribution < -0.4 is 5.32 Å². The Morgan fingerprint density at radius 2 is 1.73 bits per heavy atom. The molecule has 1 amide bonds. The van der Waals surface area contributed by atoms with Gasteiger partial charge in [0.1, 0.15) is 5.38 Å². The maximum absolute atomic E-state index is 11.8. The molecule has 0 aromatic rings. The third-order valence-electron chi connectivity index (χ3n) is 3.77. The van der Waals surface area contributed by atoms with Crippen molar-refractivity contribution in [2.24, 2.45) is 5.92 Å². The highest BCUT2D eigenvalue weighted by Gasteiger charge is 2.31. The van der Waals surface area contributed by atoms with Gasteiger partial charge in [0.05, 0.1) is 0 Å². The lowest BCUT2D eigenvalue weighted by Gasteiger charge is -2.31. The predicted octanol–water partition coefficient (Wildman–Crippen LogP) is 2.84. The molecule has 2 saturated carbocycles. The van der Waals surface area contributed by atoms with E-state index in [-0.39, 0.29) is 11.3 Å². The molecule has 2 nitrogen and oxygen atoms in total. The minimum absolute atomic E-state index is 0.0771. The highest BCUT2D eigenvalue weighted by atomic mass is 35.5. The second-order valence-electron chi connectivity index (χ2n) is 4.94. The molecule has 3 heteroatoms.